The van der Waals surface area contributed by atoms with Gasteiger partial charge in [0.05, 0.1) is 11.6 Å². The predicted octanol–water partition coefficient (Wildman–Crippen LogP) is 1.60. The molecule has 0 heterocycles. The van der Waals surface area contributed by atoms with Crippen LogP contribution in [0.15, 0.2) is 18.2 Å². The van der Waals surface area contributed by atoms with Gasteiger partial charge in [-0.15, -0.1) is 0 Å². The first-order valence-electron chi connectivity index (χ1n) is 5.07. The van der Waals surface area contributed by atoms with Gasteiger partial charge in [-0.3, -0.25) is 9.69 Å². The Morgan fingerprint density at radius 1 is 1.65 bits per heavy atom. The zero-order chi connectivity index (χ0) is 13.0. The van der Waals surface area contributed by atoms with Crippen molar-refractivity contribution in [1.82, 2.24) is 4.90 Å². The average molecular weight is 236 g/mol. The van der Waals surface area contributed by atoms with E-state index in [1.54, 1.807) is 7.05 Å². The highest BCUT2D eigenvalue weighted by atomic mass is 19.1. The van der Waals surface area contributed by atoms with Crippen LogP contribution in [0.25, 0.3) is 0 Å². The molecule has 0 amide bonds. The molecule has 1 N–H and O–H groups in total. The van der Waals surface area contributed by atoms with Crippen LogP contribution < -0.4 is 0 Å². The van der Waals surface area contributed by atoms with Crippen LogP contribution in [0.2, 0.25) is 0 Å². The Kier molecular flexibility index (Phi) is 4.18. The first-order valence-corrected chi connectivity index (χ1v) is 5.07. The highest BCUT2D eigenvalue weighted by Gasteiger charge is 2.18. The van der Waals surface area contributed by atoms with E-state index in [-0.39, 0.29) is 6.54 Å². The van der Waals surface area contributed by atoms with Crippen LogP contribution in [0.5, 0.6) is 0 Å². The third-order valence-electron chi connectivity index (χ3n) is 2.61. The van der Waals surface area contributed by atoms with Crippen LogP contribution in [0.3, 0.4) is 0 Å². The summed E-state index contributed by atoms with van der Waals surface area (Å²) >= 11 is 0. The second-order valence-electron chi connectivity index (χ2n) is 3.85. The molecule has 5 heteroatoms. The standard InChI is InChI=1S/C12H13FN2O2/c1-8(12(16)17)15(2)7-10-5-9(6-14)3-4-11(10)13/h3-5,8H,7H2,1-2H3,(H,16,17). The lowest BCUT2D eigenvalue weighted by molar-refractivity contribution is -0.142. The van der Waals surface area contributed by atoms with Crippen molar-refractivity contribution < 1.29 is 14.3 Å². The van der Waals surface area contributed by atoms with E-state index in [1.165, 1.54) is 30.0 Å². The van der Waals surface area contributed by atoms with E-state index in [0.717, 1.165) is 0 Å². The van der Waals surface area contributed by atoms with Crippen LogP contribution >= 0.6 is 0 Å². The molecule has 0 aliphatic carbocycles. The number of nitriles is 1. The maximum Gasteiger partial charge on any atom is 0.320 e. The van der Waals surface area contributed by atoms with Gasteiger partial charge in [0.1, 0.15) is 11.9 Å². The largest absolute Gasteiger partial charge is 0.480 e. The molecule has 1 unspecified atom stereocenters. The Labute approximate surface area is 98.9 Å². The highest BCUT2D eigenvalue weighted by Crippen LogP contribution is 2.13. The third kappa shape index (κ3) is 3.26. The molecule has 1 atom stereocenters. The number of halogens is 1. The smallest absolute Gasteiger partial charge is 0.320 e. The minimum atomic E-state index is -0.968. The number of rotatable bonds is 4. The van der Waals surface area contributed by atoms with Crippen molar-refractivity contribution in [2.24, 2.45) is 0 Å². The molecular weight excluding hydrogens is 223 g/mol. The number of hydrogen-bond donors (Lipinski definition) is 1. The minimum absolute atomic E-state index is 0.148. The summed E-state index contributed by atoms with van der Waals surface area (Å²) in [6, 6.07) is 5.24. The number of hydrogen-bond acceptors (Lipinski definition) is 3. The van der Waals surface area contributed by atoms with E-state index >= 15 is 0 Å². The molecule has 0 saturated heterocycles. The van der Waals surface area contributed by atoms with Crippen LogP contribution in [-0.4, -0.2) is 29.1 Å². The van der Waals surface area contributed by atoms with E-state index in [9.17, 15) is 9.18 Å². The Hall–Kier alpha value is -1.93. The van der Waals surface area contributed by atoms with Crippen molar-refractivity contribution in [3.8, 4) is 6.07 Å². The lowest BCUT2D eigenvalue weighted by atomic mass is 10.1. The van der Waals surface area contributed by atoms with Gasteiger partial charge in [-0.05, 0) is 32.2 Å². The first-order chi connectivity index (χ1) is 7.95. The molecule has 0 spiro atoms. The average Bonchev–Trinajstić information content (AvgIpc) is 2.30. The number of carbonyl (C=O) groups is 1. The fraction of sp³-hybridized carbons (Fsp3) is 0.333. The molecule has 0 aliphatic rings. The molecule has 90 valence electrons. The summed E-state index contributed by atoms with van der Waals surface area (Å²) in [7, 11) is 1.59. The van der Waals surface area contributed by atoms with Crippen molar-refractivity contribution in [2.75, 3.05) is 7.05 Å². The van der Waals surface area contributed by atoms with Crippen LogP contribution in [-0.2, 0) is 11.3 Å². The lowest BCUT2D eigenvalue weighted by Crippen LogP contribution is -2.35. The Morgan fingerprint density at radius 2 is 2.29 bits per heavy atom. The highest BCUT2D eigenvalue weighted by molar-refractivity contribution is 5.72. The zero-order valence-corrected chi connectivity index (χ0v) is 9.64. The van der Waals surface area contributed by atoms with Gasteiger partial charge in [-0.2, -0.15) is 5.26 Å². The molecule has 4 nitrogen and oxygen atoms in total. The summed E-state index contributed by atoms with van der Waals surface area (Å²) in [6.45, 7) is 1.67. The van der Waals surface area contributed by atoms with Gasteiger partial charge in [0, 0.05) is 12.1 Å². The van der Waals surface area contributed by atoms with Gasteiger partial charge in [0.2, 0.25) is 0 Å². The monoisotopic (exact) mass is 236 g/mol. The molecule has 0 bridgehead atoms. The van der Waals surface area contributed by atoms with Crippen molar-refractivity contribution in [3.63, 3.8) is 0 Å². The molecular formula is C12H13FN2O2. The quantitative estimate of drug-likeness (QED) is 0.862. The van der Waals surface area contributed by atoms with Gasteiger partial charge in [-0.1, -0.05) is 0 Å². The Balaban J connectivity index is 2.88. The van der Waals surface area contributed by atoms with Crippen LogP contribution in [0, 0.1) is 17.1 Å². The molecule has 1 aromatic carbocycles. The summed E-state index contributed by atoms with van der Waals surface area (Å²) in [5.41, 5.74) is 0.678. The van der Waals surface area contributed by atoms with Crippen LogP contribution in [0.4, 0.5) is 4.39 Å². The van der Waals surface area contributed by atoms with E-state index in [1.807, 2.05) is 6.07 Å². The summed E-state index contributed by atoms with van der Waals surface area (Å²) in [5.74, 6) is -1.40. The second kappa shape index (κ2) is 5.41. The van der Waals surface area contributed by atoms with E-state index in [0.29, 0.717) is 11.1 Å². The number of benzene rings is 1. The normalized spacial score (nSPS) is 12.2. The first kappa shape index (κ1) is 13.1. The molecule has 1 rings (SSSR count). The van der Waals surface area contributed by atoms with Gasteiger partial charge >= 0.3 is 5.97 Å². The number of carboxylic acids is 1. The Bertz CT molecular complexity index is 468. The molecule has 17 heavy (non-hydrogen) atoms. The Morgan fingerprint density at radius 3 is 2.82 bits per heavy atom. The summed E-state index contributed by atoms with van der Waals surface area (Å²) in [4.78, 5) is 12.3. The number of likely N-dealkylation sites (N-methyl/N-ethyl adjacent to an activating group) is 1. The van der Waals surface area contributed by atoms with Gasteiger partial charge in [0.15, 0.2) is 0 Å². The third-order valence-corrected chi connectivity index (χ3v) is 2.61. The fourth-order valence-electron chi connectivity index (χ4n) is 1.36. The lowest BCUT2D eigenvalue weighted by Gasteiger charge is -2.21. The zero-order valence-electron chi connectivity index (χ0n) is 9.64. The SMILES string of the molecule is CC(C(=O)O)N(C)Cc1cc(C#N)ccc1F. The second-order valence-corrected chi connectivity index (χ2v) is 3.85. The number of carboxylic acid groups (broad SMARTS) is 1. The fourth-order valence-corrected chi connectivity index (χ4v) is 1.36. The number of nitrogens with zero attached hydrogens (tertiary/aromatic N) is 2. The maximum absolute atomic E-state index is 13.4. The van der Waals surface area contributed by atoms with E-state index < -0.39 is 17.8 Å². The maximum atomic E-state index is 13.4. The summed E-state index contributed by atoms with van der Waals surface area (Å²) in [5, 5.41) is 17.5. The number of aliphatic carboxylic acids is 1. The van der Waals surface area contributed by atoms with E-state index in [2.05, 4.69) is 0 Å². The van der Waals surface area contributed by atoms with Crippen molar-refractivity contribution in [3.05, 3.63) is 35.1 Å². The predicted molar refractivity (Wildman–Crippen MR) is 59.7 cm³/mol. The van der Waals surface area contributed by atoms with Gasteiger partial charge in [-0.25, -0.2) is 4.39 Å². The molecule has 0 aromatic heterocycles. The minimum Gasteiger partial charge on any atom is -0.480 e. The van der Waals surface area contributed by atoms with E-state index in [4.69, 9.17) is 10.4 Å². The van der Waals surface area contributed by atoms with Crippen molar-refractivity contribution >= 4 is 5.97 Å². The molecule has 0 radical (unpaired) electrons. The van der Waals surface area contributed by atoms with Gasteiger partial charge < -0.3 is 5.11 Å². The molecule has 0 aliphatic heterocycles. The van der Waals surface area contributed by atoms with Crippen molar-refractivity contribution in [2.45, 2.75) is 19.5 Å². The van der Waals surface area contributed by atoms with Gasteiger partial charge in [0.25, 0.3) is 0 Å². The molecule has 1 aromatic rings. The van der Waals surface area contributed by atoms with Crippen molar-refractivity contribution in [1.29, 1.82) is 5.26 Å². The van der Waals surface area contributed by atoms with Crippen LogP contribution in [0.1, 0.15) is 18.1 Å². The molecule has 0 fully saturated rings. The summed E-state index contributed by atoms with van der Waals surface area (Å²) < 4.78 is 13.4. The summed E-state index contributed by atoms with van der Waals surface area (Å²) in [6.07, 6.45) is 0. The topological polar surface area (TPSA) is 64.3 Å². The molecule has 0 saturated carbocycles.